The molecule has 1 aromatic heterocycles. The number of halogens is 1. The molecule has 0 fully saturated rings. The van der Waals surface area contributed by atoms with Crippen molar-refractivity contribution >= 4 is 17.5 Å². The fourth-order valence-electron chi connectivity index (χ4n) is 2.50. The molecular formula is C19H23ClN2O4. The predicted molar refractivity (Wildman–Crippen MR) is 99.2 cm³/mol. The summed E-state index contributed by atoms with van der Waals surface area (Å²) in [6.45, 7) is 3.55. The van der Waals surface area contributed by atoms with E-state index in [1.54, 1.807) is 43.6 Å². The van der Waals surface area contributed by atoms with Gasteiger partial charge in [0.15, 0.2) is 12.4 Å². The van der Waals surface area contributed by atoms with Crippen molar-refractivity contribution in [2.24, 2.45) is 0 Å². The average Bonchev–Trinajstić information content (AvgIpc) is 2.64. The first-order valence-electron chi connectivity index (χ1n) is 8.15. The van der Waals surface area contributed by atoms with Gasteiger partial charge in [-0.25, -0.2) is 0 Å². The monoisotopic (exact) mass is 378 g/mol. The number of benzene rings is 1. The largest absolute Gasteiger partial charge is 0.481 e. The molecule has 6 nitrogen and oxygen atoms in total. The van der Waals surface area contributed by atoms with Crippen molar-refractivity contribution in [3.8, 4) is 5.75 Å². The molecule has 140 valence electrons. The minimum atomic E-state index is -0.719. The molecule has 0 aliphatic rings. The zero-order chi connectivity index (χ0) is 19.1. The molecular weight excluding hydrogens is 356 g/mol. The number of pyridine rings is 1. The Hall–Kier alpha value is -2.15. The van der Waals surface area contributed by atoms with Crippen molar-refractivity contribution in [1.82, 2.24) is 10.3 Å². The van der Waals surface area contributed by atoms with Crippen LogP contribution in [-0.2, 0) is 14.3 Å². The van der Waals surface area contributed by atoms with Gasteiger partial charge < -0.3 is 19.5 Å². The molecule has 1 amide bonds. The Balaban J connectivity index is 2.12. The Morgan fingerprint density at radius 3 is 2.54 bits per heavy atom. The van der Waals surface area contributed by atoms with E-state index in [1.165, 1.54) is 14.2 Å². The number of nitrogens with zero attached hydrogens (tertiary/aromatic N) is 1. The minimum Gasteiger partial charge on any atom is -0.481 e. The Kier molecular flexibility index (Phi) is 7.38. The summed E-state index contributed by atoms with van der Waals surface area (Å²) in [4.78, 5) is 16.7. The van der Waals surface area contributed by atoms with Crippen LogP contribution in [0.15, 0.2) is 42.7 Å². The number of aromatic nitrogens is 1. The van der Waals surface area contributed by atoms with Crippen LogP contribution in [0.2, 0.25) is 5.02 Å². The van der Waals surface area contributed by atoms with Gasteiger partial charge in [0.25, 0.3) is 5.91 Å². The summed E-state index contributed by atoms with van der Waals surface area (Å²) in [5, 5.41) is 3.52. The van der Waals surface area contributed by atoms with E-state index in [0.29, 0.717) is 10.8 Å². The second-order valence-electron chi connectivity index (χ2n) is 5.78. The molecule has 2 aromatic rings. The molecule has 2 rings (SSSR count). The predicted octanol–water partition coefficient (Wildman–Crippen LogP) is 3.29. The van der Waals surface area contributed by atoms with Crippen molar-refractivity contribution in [3.05, 3.63) is 58.9 Å². The summed E-state index contributed by atoms with van der Waals surface area (Å²) in [7, 11) is 3.03. The highest BCUT2D eigenvalue weighted by atomic mass is 35.5. The molecule has 0 spiro atoms. The summed E-state index contributed by atoms with van der Waals surface area (Å²) < 4.78 is 16.4. The second-order valence-corrected chi connectivity index (χ2v) is 6.22. The van der Waals surface area contributed by atoms with Crippen molar-refractivity contribution in [1.29, 1.82) is 0 Å². The number of nitrogens with one attached hydrogen (secondary N) is 1. The molecule has 0 bridgehead atoms. The van der Waals surface area contributed by atoms with E-state index in [2.05, 4.69) is 10.3 Å². The zero-order valence-corrected chi connectivity index (χ0v) is 16.0. The van der Waals surface area contributed by atoms with E-state index in [9.17, 15) is 4.79 Å². The standard InChI is InChI=1S/C19H23ClN2O4/c1-12-10-15(20)7-8-16(12)26-13(2)18(23)22-17(19(24-3)25-4)14-6-5-9-21-11-14/h5-11,13,17,19H,1-4H3,(H,22,23)/t13-,17+/m1/s1. The van der Waals surface area contributed by atoms with E-state index < -0.39 is 18.4 Å². The van der Waals surface area contributed by atoms with Crippen LogP contribution < -0.4 is 10.1 Å². The number of rotatable bonds is 8. The summed E-state index contributed by atoms with van der Waals surface area (Å²) in [6, 6.07) is 8.35. The van der Waals surface area contributed by atoms with Crippen molar-refractivity contribution < 1.29 is 19.0 Å². The molecule has 1 aromatic carbocycles. The van der Waals surface area contributed by atoms with Crippen molar-refractivity contribution in [2.75, 3.05) is 14.2 Å². The quantitative estimate of drug-likeness (QED) is 0.714. The van der Waals surface area contributed by atoms with Crippen LogP contribution in [0.3, 0.4) is 0 Å². The fourth-order valence-corrected chi connectivity index (χ4v) is 2.72. The third kappa shape index (κ3) is 5.17. The van der Waals surface area contributed by atoms with Gasteiger partial charge >= 0.3 is 0 Å². The molecule has 0 aliphatic heterocycles. The van der Waals surface area contributed by atoms with Crippen LogP contribution in [-0.4, -0.2) is 37.5 Å². The number of carbonyl (C=O) groups excluding carboxylic acids is 1. The van der Waals surface area contributed by atoms with E-state index in [0.717, 1.165) is 11.1 Å². The summed E-state index contributed by atoms with van der Waals surface area (Å²) >= 11 is 5.95. The highest BCUT2D eigenvalue weighted by Crippen LogP contribution is 2.24. The zero-order valence-electron chi connectivity index (χ0n) is 15.2. The van der Waals surface area contributed by atoms with Crippen molar-refractivity contribution in [2.45, 2.75) is 32.3 Å². The van der Waals surface area contributed by atoms with Crippen molar-refractivity contribution in [3.63, 3.8) is 0 Å². The topological polar surface area (TPSA) is 69.7 Å². The van der Waals surface area contributed by atoms with Gasteiger partial charge in [0.2, 0.25) is 0 Å². The molecule has 26 heavy (non-hydrogen) atoms. The maximum atomic E-state index is 12.7. The molecule has 0 saturated carbocycles. The van der Waals surface area contributed by atoms with Crippen LogP contribution in [0.5, 0.6) is 5.75 Å². The highest BCUT2D eigenvalue weighted by molar-refractivity contribution is 6.30. The fraction of sp³-hybridized carbons (Fsp3) is 0.368. The first kappa shape index (κ1) is 20.2. The third-order valence-electron chi connectivity index (χ3n) is 3.89. The Bertz CT molecular complexity index is 723. The number of carbonyl (C=O) groups is 1. The lowest BCUT2D eigenvalue weighted by molar-refractivity contribution is -0.142. The lowest BCUT2D eigenvalue weighted by Crippen LogP contribution is -2.43. The summed E-state index contributed by atoms with van der Waals surface area (Å²) in [5.41, 5.74) is 1.62. The van der Waals surface area contributed by atoms with Gasteiger partial charge in [-0.3, -0.25) is 9.78 Å². The second kappa shape index (κ2) is 9.52. The SMILES string of the molecule is COC(OC)[C@@H](NC(=O)[C@@H](C)Oc1ccc(Cl)cc1C)c1cccnc1. The molecule has 1 N–H and O–H groups in total. The van der Waals surface area contributed by atoms with Crippen LogP contribution in [0.4, 0.5) is 0 Å². The third-order valence-corrected chi connectivity index (χ3v) is 4.12. The Labute approximate surface area is 158 Å². The van der Waals surface area contributed by atoms with Gasteiger partial charge in [-0.05, 0) is 49.2 Å². The number of hydrogen-bond donors (Lipinski definition) is 1. The number of methoxy groups -OCH3 is 2. The highest BCUT2D eigenvalue weighted by Gasteiger charge is 2.27. The molecule has 1 heterocycles. The van der Waals surface area contributed by atoms with Gasteiger partial charge in [-0.15, -0.1) is 0 Å². The number of aryl methyl sites for hydroxylation is 1. The number of hydrogen-bond acceptors (Lipinski definition) is 5. The van der Waals surface area contributed by atoms with E-state index in [1.807, 2.05) is 13.0 Å². The van der Waals surface area contributed by atoms with Gasteiger partial charge in [-0.1, -0.05) is 17.7 Å². The van der Waals surface area contributed by atoms with E-state index in [4.69, 9.17) is 25.8 Å². The van der Waals surface area contributed by atoms with Gasteiger partial charge in [0, 0.05) is 31.6 Å². The first-order chi connectivity index (χ1) is 12.5. The summed E-state index contributed by atoms with van der Waals surface area (Å²) in [6.07, 6.45) is 1.94. The molecule has 0 saturated heterocycles. The smallest absolute Gasteiger partial charge is 0.261 e. The van der Waals surface area contributed by atoms with Crippen LogP contribution in [0, 0.1) is 6.92 Å². The lowest BCUT2D eigenvalue weighted by Gasteiger charge is -2.27. The number of amides is 1. The lowest BCUT2D eigenvalue weighted by atomic mass is 10.1. The molecule has 7 heteroatoms. The first-order valence-corrected chi connectivity index (χ1v) is 8.52. The normalized spacial score (nSPS) is 13.3. The van der Waals surface area contributed by atoms with Crippen LogP contribution in [0.1, 0.15) is 24.1 Å². The molecule has 0 radical (unpaired) electrons. The Morgan fingerprint density at radius 2 is 1.96 bits per heavy atom. The minimum absolute atomic E-state index is 0.299. The van der Waals surface area contributed by atoms with Gasteiger partial charge in [-0.2, -0.15) is 0 Å². The van der Waals surface area contributed by atoms with E-state index in [-0.39, 0.29) is 5.91 Å². The van der Waals surface area contributed by atoms with Crippen LogP contribution in [0.25, 0.3) is 0 Å². The average molecular weight is 379 g/mol. The molecule has 0 aliphatic carbocycles. The maximum Gasteiger partial charge on any atom is 0.261 e. The Morgan fingerprint density at radius 1 is 1.23 bits per heavy atom. The maximum absolute atomic E-state index is 12.7. The van der Waals surface area contributed by atoms with E-state index >= 15 is 0 Å². The summed E-state index contributed by atoms with van der Waals surface area (Å²) in [5.74, 6) is 0.303. The molecule has 0 unspecified atom stereocenters. The van der Waals surface area contributed by atoms with Gasteiger partial charge in [0.1, 0.15) is 11.8 Å². The van der Waals surface area contributed by atoms with Crippen LogP contribution >= 0.6 is 11.6 Å². The van der Waals surface area contributed by atoms with Gasteiger partial charge in [0.05, 0.1) is 0 Å². The molecule has 2 atom stereocenters. The number of ether oxygens (including phenoxy) is 3.